The average Bonchev–Trinajstić information content (AvgIpc) is 3.59. The number of fused-ring (bicyclic) bond motifs is 3. The lowest BCUT2D eigenvalue weighted by Gasteiger charge is -2.18. The van der Waals surface area contributed by atoms with Gasteiger partial charge >= 0.3 is 0 Å². The van der Waals surface area contributed by atoms with Gasteiger partial charge in [-0.2, -0.15) is 0 Å². The second-order valence-electron chi connectivity index (χ2n) is 14.6. The Labute approximate surface area is 342 Å². The van der Waals surface area contributed by atoms with Crippen molar-refractivity contribution < 1.29 is 0 Å². The third kappa shape index (κ3) is 9.98. The largest absolute Gasteiger partial charge is 0.354 e. The van der Waals surface area contributed by atoms with E-state index in [1.165, 1.54) is 83.0 Å². The highest BCUT2D eigenvalue weighted by Crippen LogP contribution is 2.42. The zero-order valence-electron chi connectivity index (χ0n) is 35.3. The van der Waals surface area contributed by atoms with Crippen LogP contribution in [0.5, 0.6) is 0 Å². The van der Waals surface area contributed by atoms with E-state index in [1.807, 2.05) is 25.1 Å². The highest BCUT2D eigenvalue weighted by Gasteiger charge is 2.18. The Morgan fingerprint density at radius 1 is 0.632 bits per heavy atom. The second-order valence-corrected chi connectivity index (χ2v) is 14.6. The third-order valence-corrected chi connectivity index (χ3v) is 10.5. The van der Waals surface area contributed by atoms with E-state index in [-0.39, 0.29) is 0 Å². The van der Waals surface area contributed by atoms with Gasteiger partial charge in [-0.15, -0.1) is 0 Å². The number of para-hydroxylation sites is 1. The second kappa shape index (κ2) is 20.1. The van der Waals surface area contributed by atoms with Crippen LogP contribution in [-0.4, -0.2) is 4.98 Å². The molecule has 0 amide bonds. The molecule has 0 saturated heterocycles. The van der Waals surface area contributed by atoms with E-state index in [4.69, 9.17) is 0 Å². The topological polar surface area (TPSA) is 15.8 Å². The fraction of sp³-hybridized carbons (Fsp3) is 0.179. The first-order valence-corrected chi connectivity index (χ1v) is 20.3. The summed E-state index contributed by atoms with van der Waals surface area (Å²) in [6, 6.07) is 36.8. The molecule has 1 heteroatoms. The van der Waals surface area contributed by atoms with Gasteiger partial charge in [0.2, 0.25) is 0 Å². The maximum atomic E-state index is 4.35. The molecule has 0 fully saturated rings. The number of hydrogen-bond acceptors (Lipinski definition) is 0. The molecule has 0 spiro atoms. The van der Waals surface area contributed by atoms with Crippen molar-refractivity contribution in [1.82, 2.24) is 4.98 Å². The highest BCUT2D eigenvalue weighted by molar-refractivity contribution is 6.15. The molecule has 1 N–H and O–H groups in total. The van der Waals surface area contributed by atoms with Crippen molar-refractivity contribution in [2.24, 2.45) is 0 Å². The number of hydrogen-bond donors (Lipinski definition) is 1. The lowest BCUT2D eigenvalue weighted by Crippen LogP contribution is -1.95. The first kappa shape index (κ1) is 42.0. The minimum atomic E-state index is 0.981. The number of aromatic nitrogens is 1. The summed E-state index contributed by atoms with van der Waals surface area (Å²) in [6.45, 7) is 25.6. The summed E-state index contributed by atoms with van der Waals surface area (Å²) >= 11 is 0. The summed E-state index contributed by atoms with van der Waals surface area (Å²) < 4.78 is 0. The quantitative estimate of drug-likeness (QED) is 0.120. The Bertz CT molecular complexity index is 2550. The molecule has 0 bridgehead atoms. The Kier molecular flexibility index (Phi) is 14.8. The van der Waals surface area contributed by atoms with Crippen molar-refractivity contribution in [3.8, 4) is 22.3 Å². The fourth-order valence-electron chi connectivity index (χ4n) is 7.60. The summed E-state index contributed by atoms with van der Waals surface area (Å²) in [5, 5.41) is 2.61. The number of benzene rings is 5. The lowest BCUT2D eigenvalue weighted by molar-refractivity contribution is 1.19. The predicted octanol–water partition coefficient (Wildman–Crippen LogP) is 16.5. The molecule has 0 aliphatic heterocycles. The Morgan fingerprint density at radius 3 is 2.02 bits per heavy atom. The van der Waals surface area contributed by atoms with E-state index >= 15 is 0 Å². The van der Waals surface area contributed by atoms with Gasteiger partial charge in [0, 0.05) is 21.8 Å². The zero-order chi connectivity index (χ0) is 40.9. The van der Waals surface area contributed by atoms with Crippen LogP contribution in [0.4, 0.5) is 0 Å². The molecular formula is C56H59N. The Morgan fingerprint density at radius 2 is 1.32 bits per heavy atom. The van der Waals surface area contributed by atoms with Gasteiger partial charge in [-0.3, -0.25) is 0 Å². The molecule has 288 valence electrons. The summed E-state index contributed by atoms with van der Waals surface area (Å²) in [4.78, 5) is 3.60. The molecule has 0 saturated carbocycles. The smallest absolute Gasteiger partial charge is 0.0471 e. The zero-order valence-corrected chi connectivity index (χ0v) is 35.3. The maximum absolute atomic E-state index is 4.35. The molecule has 1 heterocycles. The van der Waals surface area contributed by atoms with Crippen LogP contribution in [0.25, 0.3) is 49.6 Å². The first-order valence-electron chi connectivity index (χ1n) is 20.3. The van der Waals surface area contributed by atoms with Gasteiger partial charge in [-0.25, -0.2) is 0 Å². The van der Waals surface area contributed by atoms with Gasteiger partial charge < -0.3 is 4.98 Å². The normalized spacial score (nSPS) is 12.8. The fourth-order valence-corrected chi connectivity index (χ4v) is 7.60. The Hall–Kier alpha value is -6.18. The van der Waals surface area contributed by atoms with Crippen LogP contribution in [0.2, 0.25) is 0 Å². The number of aromatic amines is 1. The summed E-state index contributed by atoms with van der Waals surface area (Å²) in [6.07, 6.45) is 21.0. The highest BCUT2D eigenvalue weighted by atomic mass is 14.7. The first-order chi connectivity index (χ1) is 27.6. The van der Waals surface area contributed by atoms with Crippen molar-refractivity contribution in [1.29, 1.82) is 0 Å². The lowest BCUT2D eigenvalue weighted by atomic mass is 9.85. The van der Waals surface area contributed by atoms with Crippen molar-refractivity contribution in [2.45, 2.75) is 68.2 Å². The Balaban J connectivity index is 0.000000218. The number of allylic oxidation sites excluding steroid dienone is 14. The standard InChI is InChI=1S/C28H25N.C28H34/c1-17-9-5-6-10-21(17)26-18(2)13-15-22(20(26)4)27-19(3)14-16-25-28(27)23-11-7-8-12-24(23)29-25;1-7-11-18-25(15-8-2)23(5)21-28(27(16-9-3)17-10-4)22-24(6)26-19-13-12-14-20-26/h5-16,29H,1-4H3;9-22H,3,5,7-8H2,1-2,4,6H3/b;17-10-,18-11-,24-22+,25-15+,27-16+,28-21+. The molecule has 0 aliphatic rings. The van der Waals surface area contributed by atoms with Crippen LogP contribution in [0.3, 0.4) is 0 Å². The summed E-state index contributed by atoms with van der Waals surface area (Å²) in [7, 11) is 0. The molecule has 0 atom stereocenters. The number of H-pyrrole nitrogens is 1. The van der Waals surface area contributed by atoms with E-state index in [2.05, 4.69) is 206 Å². The van der Waals surface area contributed by atoms with Gasteiger partial charge in [-0.05, 0) is 151 Å². The third-order valence-electron chi connectivity index (χ3n) is 10.5. The number of aryl methyl sites for hydroxylation is 3. The van der Waals surface area contributed by atoms with Gasteiger partial charge in [0.05, 0.1) is 0 Å². The molecular weight excluding hydrogens is 687 g/mol. The van der Waals surface area contributed by atoms with Crippen LogP contribution < -0.4 is 0 Å². The molecule has 0 unspecified atom stereocenters. The minimum absolute atomic E-state index is 0.981. The summed E-state index contributed by atoms with van der Waals surface area (Å²) in [5.41, 5.74) is 19.9. The van der Waals surface area contributed by atoms with E-state index in [0.717, 1.165) is 29.6 Å². The van der Waals surface area contributed by atoms with E-state index < -0.39 is 0 Å². The average molecular weight is 746 g/mol. The molecule has 6 aromatic rings. The van der Waals surface area contributed by atoms with Crippen molar-refractivity contribution in [3.05, 3.63) is 221 Å². The molecule has 0 aliphatic carbocycles. The van der Waals surface area contributed by atoms with Crippen molar-refractivity contribution >= 4 is 27.4 Å². The van der Waals surface area contributed by atoms with Crippen molar-refractivity contribution in [2.75, 3.05) is 0 Å². The van der Waals surface area contributed by atoms with E-state index in [9.17, 15) is 0 Å². The number of rotatable bonds is 12. The SMILES string of the molecule is C=C/C=C(\C=C/C)C(=C/C(=C)C(/C=C\CC)=C/CC)/C=C(\C)c1ccccc1.Cc1ccccc1-c1c(C)ccc(-c2c(C)ccc3[nH]c4ccccc4c23)c1C. The molecule has 1 nitrogen and oxygen atoms in total. The molecule has 57 heavy (non-hydrogen) atoms. The van der Waals surface area contributed by atoms with Crippen LogP contribution in [-0.2, 0) is 0 Å². The molecule has 5 aromatic carbocycles. The van der Waals surface area contributed by atoms with Crippen LogP contribution in [0.1, 0.15) is 68.4 Å². The summed E-state index contributed by atoms with van der Waals surface area (Å²) in [5.74, 6) is 0. The molecule has 1 aromatic heterocycles. The monoisotopic (exact) mass is 745 g/mol. The van der Waals surface area contributed by atoms with Gasteiger partial charge in [0.1, 0.15) is 0 Å². The predicted molar refractivity (Wildman–Crippen MR) is 254 cm³/mol. The van der Waals surface area contributed by atoms with Gasteiger partial charge in [-0.1, -0.05) is 167 Å². The van der Waals surface area contributed by atoms with Crippen LogP contribution in [0.15, 0.2) is 193 Å². The van der Waals surface area contributed by atoms with Crippen LogP contribution in [0, 0.1) is 27.7 Å². The van der Waals surface area contributed by atoms with Crippen LogP contribution >= 0.6 is 0 Å². The molecule has 0 radical (unpaired) electrons. The van der Waals surface area contributed by atoms with E-state index in [0.29, 0.717) is 0 Å². The van der Waals surface area contributed by atoms with E-state index in [1.54, 1.807) is 0 Å². The maximum Gasteiger partial charge on any atom is 0.0471 e. The minimum Gasteiger partial charge on any atom is -0.354 e. The van der Waals surface area contributed by atoms with Gasteiger partial charge in [0.25, 0.3) is 0 Å². The number of nitrogens with one attached hydrogen (secondary N) is 1. The van der Waals surface area contributed by atoms with Crippen molar-refractivity contribution in [3.63, 3.8) is 0 Å². The van der Waals surface area contributed by atoms with Gasteiger partial charge in [0.15, 0.2) is 0 Å². The molecule has 6 rings (SSSR count).